The van der Waals surface area contributed by atoms with Crippen LogP contribution in [0.3, 0.4) is 0 Å². The van der Waals surface area contributed by atoms with Crippen LogP contribution in [0.1, 0.15) is 16.1 Å². The summed E-state index contributed by atoms with van der Waals surface area (Å²) in [6.45, 7) is 0.480. The Morgan fingerprint density at radius 2 is 1.75 bits per heavy atom. The molecule has 3 rings (SSSR count). The van der Waals surface area contributed by atoms with Gasteiger partial charge in [0.15, 0.2) is 0 Å². The molecular weight excluding hydrogens is 376 g/mol. The van der Waals surface area contributed by atoms with E-state index in [-0.39, 0.29) is 5.91 Å². The van der Waals surface area contributed by atoms with Gasteiger partial charge in [-0.1, -0.05) is 12.1 Å². The Kier molecular flexibility index (Phi) is 6.49. The molecule has 0 aliphatic rings. The molecule has 1 amide bonds. The van der Waals surface area contributed by atoms with Crippen molar-refractivity contribution in [2.75, 3.05) is 27.9 Å². The summed E-state index contributed by atoms with van der Waals surface area (Å²) in [6, 6.07) is 12.9. The molecule has 7 heteroatoms. The van der Waals surface area contributed by atoms with Crippen LogP contribution in [0.25, 0.3) is 10.6 Å². The van der Waals surface area contributed by atoms with Gasteiger partial charge in [0.2, 0.25) is 0 Å². The number of nitrogens with one attached hydrogen (secondary N) is 1. The summed E-state index contributed by atoms with van der Waals surface area (Å²) < 4.78 is 15.8. The van der Waals surface area contributed by atoms with Crippen molar-refractivity contribution in [1.82, 2.24) is 10.3 Å². The molecule has 0 atom stereocenters. The highest BCUT2D eigenvalue weighted by molar-refractivity contribution is 7.13. The van der Waals surface area contributed by atoms with E-state index in [4.69, 9.17) is 14.2 Å². The van der Waals surface area contributed by atoms with Gasteiger partial charge in [-0.05, 0) is 24.3 Å². The van der Waals surface area contributed by atoms with Gasteiger partial charge in [-0.2, -0.15) is 0 Å². The molecule has 3 aromatic rings. The van der Waals surface area contributed by atoms with Gasteiger partial charge in [-0.25, -0.2) is 4.98 Å². The lowest BCUT2D eigenvalue weighted by Crippen LogP contribution is -2.25. The highest BCUT2D eigenvalue weighted by Gasteiger charge is 2.12. The van der Waals surface area contributed by atoms with Gasteiger partial charge in [-0.3, -0.25) is 4.79 Å². The smallest absolute Gasteiger partial charge is 0.251 e. The molecule has 0 aliphatic heterocycles. The molecule has 1 N–H and O–H groups in total. The molecule has 0 fully saturated rings. The standard InChI is InChI=1S/C21H22N2O4S/c1-25-16-10-14(11-17(12-16)26-2)20(24)22-9-8-15-13-28-21(23-15)18-6-4-5-7-19(18)27-3/h4-7,10-13H,8-9H2,1-3H3,(H,22,24). The second-order valence-electron chi connectivity index (χ2n) is 5.95. The van der Waals surface area contributed by atoms with E-state index in [1.807, 2.05) is 29.6 Å². The summed E-state index contributed by atoms with van der Waals surface area (Å²) in [6.07, 6.45) is 0.637. The molecular formula is C21H22N2O4S. The van der Waals surface area contributed by atoms with Crippen LogP contribution in [0.5, 0.6) is 17.2 Å². The first-order valence-electron chi connectivity index (χ1n) is 8.73. The first-order chi connectivity index (χ1) is 13.6. The number of nitrogens with zero attached hydrogens (tertiary/aromatic N) is 1. The van der Waals surface area contributed by atoms with Crippen LogP contribution < -0.4 is 19.5 Å². The van der Waals surface area contributed by atoms with E-state index in [0.717, 1.165) is 22.0 Å². The van der Waals surface area contributed by atoms with Gasteiger partial charge in [0.1, 0.15) is 22.3 Å². The number of methoxy groups -OCH3 is 3. The van der Waals surface area contributed by atoms with Gasteiger partial charge in [0, 0.05) is 30.0 Å². The number of carbonyl (C=O) groups is 1. The molecule has 0 saturated carbocycles. The predicted octanol–water partition coefficient (Wildman–Crippen LogP) is 3.81. The number of para-hydroxylation sites is 1. The Balaban J connectivity index is 1.61. The maximum atomic E-state index is 12.4. The van der Waals surface area contributed by atoms with Crippen LogP contribution in [-0.4, -0.2) is 38.8 Å². The minimum absolute atomic E-state index is 0.183. The second kappa shape index (κ2) is 9.23. The van der Waals surface area contributed by atoms with Gasteiger partial charge in [0.25, 0.3) is 5.91 Å². The molecule has 0 radical (unpaired) electrons. The number of ether oxygens (including phenoxy) is 3. The number of amides is 1. The summed E-state index contributed by atoms with van der Waals surface area (Å²) in [5, 5.41) is 5.81. The maximum absolute atomic E-state index is 12.4. The lowest BCUT2D eigenvalue weighted by Gasteiger charge is -2.09. The number of hydrogen-bond donors (Lipinski definition) is 1. The van der Waals surface area contributed by atoms with Crippen LogP contribution >= 0.6 is 11.3 Å². The average Bonchev–Trinajstić information content (AvgIpc) is 3.21. The molecule has 0 bridgehead atoms. The molecule has 2 aromatic carbocycles. The van der Waals surface area contributed by atoms with E-state index in [0.29, 0.717) is 30.0 Å². The molecule has 0 saturated heterocycles. The SMILES string of the molecule is COc1cc(OC)cc(C(=O)NCCc2csc(-c3ccccc3OC)n2)c1. The maximum Gasteiger partial charge on any atom is 0.251 e. The van der Waals surface area contributed by atoms with E-state index >= 15 is 0 Å². The van der Waals surface area contributed by atoms with Crippen molar-refractivity contribution < 1.29 is 19.0 Å². The lowest BCUT2D eigenvalue weighted by molar-refractivity contribution is 0.0953. The van der Waals surface area contributed by atoms with Crippen LogP contribution in [0.2, 0.25) is 0 Å². The van der Waals surface area contributed by atoms with Crippen molar-refractivity contribution in [3.63, 3.8) is 0 Å². The van der Waals surface area contributed by atoms with Gasteiger partial charge in [0.05, 0.1) is 32.6 Å². The summed E-state index contributed by atoms with van der Waals surface area (Å²) >= 11 is 1.56. The molecule has 0 unspecified atom stereocenters. The van der Waals surface area contributed by atoms with Gasteiger partial charge < -0.3 is 19.5 Å². The van der Waals surface area contributed by atoms with E-state index in [1.165, 1.54) is 0 Å². The summed E-state index contributed by atoms with van der Waals surface area (Å²) in [7, 11) is 4.76. The normalized spacial score (nSPS) is 10.4. The third-order valence-electron chi connectivity index (χ3n) is 4.17. The highest BCUT2D eigenvalue weighted by Crippen LogP contribution is 2.31. The zero-order chi connectivity index (χ0) is 19.9. The molecule has 146 valence electrons. The van der Waals surface area contributed by atoms with E-state index in [9.17, 15) is 4.79 Å². The van der Waals surface area contributed by atoms with Gasteiger partial charge >= 0.3 is 0 Å². The van der Waals surface area contributed by atoms with Crippen molar-refractivity contribution >= 4 is 17.2 Å². The Morgan fingerprint density at radius 1 is 1.04 bits per heavy atom. The average molecular weight is 398 g/mol. The van der Waals surface area contributed by atoms with Crippen LogP contribution in [-0.2, 0) is 6.42 Å². The third-order valence-corrected chi connectivity index (χ3v) is 5.09. The quantitative estimate of drug-likeness (QED) is 0.625. The molecule has 6 nitrogen and oxygen atoms in total. The molecule has 1 aromatic heterocycles. The number of carbonyl (C=O) groups excluding carboxylic acids is 1. The second-order valence-corrected chi connectivity index (χ2v) is 6.81. The lowest BCUT2D eigenvalue weighted by atomic mass is 10.2. The first-order valence-corrected chi connectivity index (χ1v) is 9.61. The predicted molar refractivity (Wildman–Crippen MR) is 110 cm³/mol. The molecule has 28 heavy (non-hydrogen) atoms. The number of rotatable bonds is 8. The fraction of sp³-hybridized carbons (Fsp3) is 0.238. The third kappa shape index (κ3) is 4.61. The van der Waals surface area contributed by atoms with Crippen LogP contribution in [0.4, 0.5) is 0 Å². The van der Waals surface area contributed by atoms with Crippen molar-refractivity contribution in [2.45, 2.75) is 6.42 Å². The minimum atomic E-state index is -0.183. The highest BCUT2D eigenvalue weighted by atomic mass is 32.1. The van der Waals surface area contributed by atoms with Crippen LogP contribution in [0.15, 0.2) is 47.8 Å². The Bertz CT molecular complexity index is 933. The summed E-state index contributed by atoms with van der Waals surface area (Å²) in [4.78, 5) is 17.1. The van der Waals surface area contributed by atoms with Crippen LogP contribution in [0, 0.1) is 0 Å². The Labute approximate surface area is 168 Å². The first kappa shape index (κ1) is 19.7. The minimum Gasteiger partial charge on any atom is -0.497 e. The van der Waals surface area contributed by atoms with Gasteiger partial charge in [-0.15, -0.1) is 11.3 Å². The largest absolute Gasteiger partial charge is 0.497 e. The van der Waals surface area contributed by atoms with Crippen molar-refractivity contribution in [2.24, 2.45) is 0 Å². The van der Waals surface area contributed by atoms with Crippen molar-refractivity contribution in [3.05, 3.63) is 59.1 Å². The summed E-state index contributed by atoms with van der Waals surface area (Å²) in [5.41, 5.74) is 2.38. The fourth-order valence-corrected chi connectivity index (χ4v) is 3.60. The molecule has 0 spiro atoms. The number of aromatic nitrogens is 1. The molecule has 0 aliphatic carbocycles. The Morgan fingerprint density at radius 3 is 2.43 bits per heavy atom. The fourth-order valence-electron chi connectivity index (χ4n) is 2.71. The zero-order valence-corrected chi connectivity index (χ0v) is 16.8. The summed E-state index contributed by atoms with van der Waals surface area (Å²) in [5.74, 6) is 1.76. The zero-order valence-electron chi connectivity index (χ0n) is 16.0. The van der Waals surface area contributed by atoms with E-state index in [1.54, 1.807) is 50.9 Å². The van der Waals surface area contributed by atoms with E-state index in [2.05, 4.69) is 10.3 Å². The van der Waals surface area contributed by atoms with E-state index < -0.39 is 0 Å². The monoisotopic (exact) mass is 398 g/mol. The number of benzene rings is 2. The Hall–Kier alpha value is -3.06. The number of hydrogen-bond acceptors (Lipinski definition) is 6. The van der Waals surface area contributed by atoms with Crippen molar-refractivity contribution in [1.29, 1.82) is 0 Å². The van der Waals surface area contributed by atoms with Crippen molar-refractivity contribution in [3.8, 4) is 27.8 Å². The molecule has 1 heterocycles. The topological polar surface area (TPSA) is 69.7 Å². The number of thiazole rings is 1.